The Morgan fingerprint density at radius 2 is 1.31 bits per heavy atom. The van der Waals surface area contributed by atoms with E-state index < -0.39 is 11.6 Å². The minimum absolute atomic E-state index is 0.137. The minimum Gasteiger partial charge on any atom is -0.486 e. The van der Waals surface area contributed by atoms with Crippen LogP contribution >= 0.6 is 0 Å². The van der Waals surface area contributed by atoms with Crippen LogP contribution in [0.4, 0.5) is 0 Å². The van der Waals surface area contributed by atoms with Gasteiger partial charge in [0.05, 0.1) is 10.9 Å². The molecule has 1 aromatic heterocycles. The molecule has 6 nitrogen and oxygen atoms in total. The Kier molecular flexibility index (Phi) is 12.4. The van der Waals surface area contributed by atoms with Gasteiger partial charge >= 0.3 is 11.6 Å². The Morgan fingerprint density at radius 3 is 1.90 bits per heavy atom. The molecular weight excluding hydrogens is 528 g/mol. The van der Waals surface area contributed by atoms with Crippen LogP contribution in [0.15, 0.2) is 104 Å². The third kappa shape index (κ3) is 9.95. The molecule has 0 radical (unpaired) electrons. The highest BCUT2D eigenvalue weighted by Gasteiger charge is 2.23. The summed E-state index contributed by atoms with van der Waals surface area (Å²) in [5.74, 6) is -0.435. The number of fused-ring (bicyclic) bond motifs is 1. The van der Waals surface area contributed by atoms with Crippen molar-refractivity contribution in [2.45, 2.75) is 67.2 Å². The summed E-state index contributed by atoms with van der Waals surface area (Å²) in [4.78, 5) is 26.1. The zero-order valence-electron chi connectivity index (χ0n) is 25.6. The lowest BCUT2D eigenvalue weighted by Crippen LogP contribution is -2.16. The van der Waals surface area contributed by atoms with E-state index in [0.29, 0.717) is 23.3 Å². The monoisotopic (exact) mass is 570 g/mol. The first-order valence-corrected chi connectivity index (χ1v) is 14.4. The van der Waals surface area contributed by atoms with Crippen LogP contribution in [0.2, 0.25) is 0 Å². The lowest BCUT2D eigenvalue weighted by molar-refractivity contribution is 0.0722. The number of hydrogen-bond acceptors (Lipinski definition) is 6. The molecule has 1 heterocycles. The van der Waals surface area contributed by atoms with Crippen molar-refractivity contribution >= 4 is 16.9 Å². The lowest BCUT2D eigenvalue weighted by atomic mass is 10.1. The maximum absolute atomic E-state index is 13.2. The van der Waals surface area contributed by atoms with E-state index in [2.05, 4.69) is 46.8 Å². The van der Waals surface area contributed by atoms with Crippen LogP contribution < -0.4 is 19.8 Å². The maximum atomic E-state index is 13.2. The molecule has 0 unspecified atom stereocenters. The molecule has 0 N–H and O–H groups in total. The van der Waals surface area contributed by atoms with E-state index in [1.807, 2.05) is 19.1 Å². The molecule has 2 aromatic carbocycles. The summed E-state index contributed by atoms with van der Waals surface area (Å²) in [6.45, 7) is 12.9. The number of allylic oxidation sites excluding steroid dienone is 6. The highest BCUT2D eigenvalue weighted by Crippen LogP contribution is 2.37. The standard InChI is InChI=1S/C36H42O6/c1-25(2)13-10-15-27(5)21-23-39-31-20-12-19-30-32(31)41-36(38)34(42-35(37)29-17-8-7-9-18-29)33(30)40-24-22-28(6)16-11-14-26(3)4/h7-9,12-14,17-22H,10-11,15-16,23-24H2,1-6H3/b27-21+,28-22+. The second-order valence-electron chi connectivity index (χ2n) is 10.8. The van der Waals surface area contributed by atoms with Crippen LogP contribution in [-0.2, 0) is 0 Å². The van der Waals surface area contributed by atoms with Gasteiger partial charge in [0.1, 0.15) is 13.2 Å². The lowest BCUT2D eigenvalue weighted by Gasteiger charge is -2.14. The molecule has 6 heteroatoms. The summed E-state index contributed by atoms with van der Waals surface area (Å²) in [5.41, 5.74) is 4.65. The van der Waals surface area contributed by atoms with Crippen LogP contribution in [0.5, 0.6) is 17.2 Å². The SMILES string of the molecule is CC(C)=CCC/C(C)=C/COc1c(OC(=O)c2ccccc2)c(=O)oc2c(OC/C=C(\C)CCC=C(C)C)cccc12. The normalized spacial score (nSPS) is 11.7. The minimum atomic E-state index is -0.824. The van der Waals surface area contributed by atoms with Crippen LogP contribution in [-0.4, -0.2) is 19.2 Å². The topological polar surface area (TPSA) is 75.0 Å². The Morgan fingerprint density at radius 1 is 0.714 bits per heavy atom. The molecule has 42 heavy (non-hydrogen) atoms. The van der Waals surface area contributed by atoms with Gasteiger partial charge in [0, 0.05) is 0 Å². The number of carbonyl (C=O) groups is 1. The number of para-hydroxylation sites is 1. The van der Waals surface area contributed by atoms with E-state index >= 15 is 0 Å². The molecule has 3 aromatic rings. The van der Waals surface area contributed by atoms with Crippen molar-refractivity contribution in [3.63, 3.8) is 0 Å². The molecule has 0 saturated carbocycles. The Labute approximate surface area is 249 Å². The van der Waals surface area contributed by atoms with Crippen molar-refractivity contribution in [2.75, 3.05) is 13.2 Å². The molecule has 222 valence electrons. The second kappa shape index (κ2) is 16.2. The Bertz CT molecular complexity index is 1530. The van der Waals surface area contributed by atoms with Gasteiger partial charge < -0.3 is 18.6 Å². The zero-order valence-corrected chi connectivity index (χ0v) is 25.6. The Hall–Kier alpha value is -4.32. The third-order valence-electron chi connectivity index (χ3n) is 6.53. The summed E-state index contributed by atoms with van der Waals surface area (Å²) in [5, 5.41) is 0.475. The molecule has 3 rings (SSSR count). The number of benzene rings is 2. The van der Waals surface area contributed by atoms with E-state index in [9.17, 15) is 9.59 Å². The summed E-state index contributed by atoms with van der Waals surface area (Å²) < 4.78 is 23.4. The van der Waals surface area contributed by atoms with Crippen LogP contribution in [0.1, 0.15) is 77.6 Å². The number of ether oxygens (including phenoxy) is 3. The molecule has 0 saturated heterocycles. The van der Waals surface area contributed by atoms with Crippen molar-refractivity contribution in [1.29, 1.82) is 0 Å². The van der Waals surface area contributed by atoms with Gasteiger partial charge in [-0.25, -0.2) is 9.59 Å². The van der Waals surface area contributed by atoms with E-state index in [1.54, 1.807) is 48.5 Å². The van der Waals surface area contributed by atoms with E-state index in [1.165, 1.54) is 16.7 Å². The highest BCUT2D eigenvalue weighted by atomic mass is 16.6. The first-order valence-electron chi connectivity index (χ1n) is 14.4. The average Bonchev–Trinajstić information content (AvgIpc) is 2.95. The van der Waals surface area contributed by atoms with Gasteiger partial charge in [-0.3, -0.25) is 0 Å². The van der Waals surface area contributed by atoms with Crippen LogP contribution in [0, 0.1) is 0 Å². The maximum Gasteiger partial charge on any atom is 0.383 e. The molecular formula is C36H42O6. The predicted molar refractivity (Wildman–Crippen MR) is 170 cm³/mol. The molecule has 0 fully saturated rings. The molecule has 0 atom stereocenters. The smallest absolute Gasteiger partial charge is 0.383 e. The van der Waals surface area contributed by atoms with Gasteiger partial charge in [0.2, 0.25) is 0 Å². The van der Waals surface area contributed by atoms with Crippen LogP contribution in [0.25, 0.3) is 11.0 Å². The van der Waals surface area contributed by atoms with E-state index in [0.717, 1.165) is 31.3 Å². The Balaban J connectivity index is 1.91. The summed E-state index contributed by atoms with van der Waals surface area (Å²) in [6.07, 6.45) is 12.1. The van der Waals surface area contributed by atoms with Crippen LogP contribution in [0.3, 0.4) is 0 Å². The molecule has 0 spiro atoms. The number of rotatable bonds is 14. The van der Waals surface area contributed by atoms with Crippen molar-refractivity contribution in [2.24, 2.45) is 0 Å². The van der Waals surface area contributed by atoms with E-state index in [4.69, 9.17) is 18.6 Å². The first-order chi connectivity index (χ1) is 20.2. The summed E-state index contributed by atoms with van der Waals surface area (Å²) in [6, 6.07) is 13.8. The number of carbonyl (C=O) groups excluding carboxylic acids is 1. The van der Waals surface area contributed by atoms with Crippen molar-refractivity contribution in [3.8, 4) is 17.2 Å². The first kappa shape index (κ1) is 32.2. The summed E-state index contributed by atoms with van der Waals surface area (Å²) >= 11 is 0. The van der Waals surface area contributed by atoms with Gasteiger partial charge in [0.15, 0.2) is 17.1 Å². The van der Waals surface area contributed by atoms with Gasteiger partial charge in [-0.2, -0.15) is 0 Å². The predicted octanol–water partition coefficient (Wildman–Crippen LogP) is 9.16. The average molecular weight is 571 g/mol. The van der Waals surface area contributed by atoms with Gasteiger partial charge in [-0.15, -0.1) is 0 Å². The van der Waals surface area contributed by atoms with Crippen molar-refractivity contribution in [3.05, 3.63) is 111 Å². The molecule has 0 aliphatic heterocycles. The number of esters is 1. The fourth-order valence-corrected chi connectivity index (χ4v) is 4.15. The largest absolute Gasteiger partial charge is 0.486 e. The highest BCUT2D eigenvalue weighted by molar-refractivity contribution is 5.94. The van der Waals surface area contributed by atoms with E-state index in [-0.39, 0.29) is 23.7 Å². The molecule has 0 bridgehead atoms. The number of hydrogen-bond donors (Lipinski definition) is 0. The fourth-order valence-electron chi connectivity index (χ4n) is 4.15. The van der Waals surface area contributed by atoms with Crippen molar-refractivity contribution < 1.29 is 23.4 Å². The zero-order chi connectivity index (χ0) is 30.5. The van der Waals surface area contributed by atoms with Gasteiger partial charge in [-0.1, -0.05) is 58.7 Å². The molecule has 0 aliphatic carbocycles. The quantitative estimate of drug-likeness (QED) is 0.109. The fraction of sp³-hybridized carbons (Fsp3) is 0.333. The van der Waals surface area contributed by atoms with Gasteiger partial charge in [-0.05, 0) is 104 Å². The molecule has 0 amide bonds. The third-order valence-corrected chi connectivity index (χ3v) is 6.53. The summed E-state index contributed by atoms with van der Waals surface area (Å²) in [7, 11) is 0. The second-order valence-corrected chi connectivity index (χ2v) is 10.8. The van der Waals surface area contributed by atoms with Gasteiger partial charge in [0.25, 0.3) is 5.75 Å². The van der Waals surface area contributed by atoms with Crippen molar-refractivity contribution in [1.82, 2.24) is 0 Å². The molecule has 0 aliphatic rings.